The number of esters is 1. The minimum Gasteiger partial charge on any atom is -0.462 e. The Bertz CT molecular complexity index is 564. The van der Waals surface area contributed by atoms with Crippen molar-refractivity contribution in [2.75, 3.05) is 0 Å². The summed E-state index contributed by atoms with van der Waals surface area (Å²) in [6, 6.07) is 7.05. The monoisotopic (exact) mass is 344 g/mol. The van der Waals surface area contributed by atoms with E-state index in [-0.39, 0.29) is 17.9 Å². The van der Waals surface area contributed by atoms with Crippen LogP contribution < -0.4 is 0 Å². The number of benzene rings is 1. The van der Waals surface area contributed by atoms with Crippen molar-refractivity contribution in [1.82, 2.24) is 0 Å². The standard InChI is InChI=1S/C22H29FO2/c1-2-3-22(24)25-21-14-10-19(11-15-21)17-6-4-16(5-7-17)18-8-12-20(23)13-9-18/h2,8-9,12-13,16-17,19,21H,1,3-7,10-11,14-15H2/t16-,17-,19?,21?. The Balaban J connectivity index is 1.42. The molecule has 2 aliphatic carbocycles. The topological polar surface area (TPSA) is 26.3 Å². The zero-order valence-corrected chi connectivity index (χ0v) is 15.0. The van der Waals surface area contributed by atoms with Gasteiger partial charge in [0.15, 0.2) is 0 Å². The van der Waals surface area contributed by atoms with Gasteiger partial charge in [-0.05, 0) is 86.8 Å². The van der Waals surface area contributed by atoms with E-state index in [1.807, 2.05) is 12.1 Å². The lowest BCUT2D eigenvalue weighted by Crippen LogP contribution is -2.29. The molecular formula is C22H29FO2. The zero-order valence-electron chi connectivity index (χ0n) is 15.0. The minimum absolute atomic E-state index is 0.110. The molecule has 0 radical (unpaired) electrons. The summed E-state index contributed by atoms with van der Waals surface area (Å²) < 4.78 is 18.6. The lowest BCUT2D eigenvalue weighted by molar-refractivity contribution is -0.150. The molecule has 136 valence electrons. The molecule has 0 N–H and O–H groups in total. The van der Waals surface area contributed by atoms with Crippen LogP contribution in [0, 0.1) is 17.7 Å². The summed E-state index contributed by atoms with van der Waals surface area (Å²) in [4.78, 5) is 11.6. The van der Waals surface area contributed by atoms with Crippen molar-refractivity contribution in [1.29, 1.82) is 0 Å². The van der Waals surface area contributed by atoms with Crippen LogP contribution in [0.15, 0.2) is 36.9 Å². The third-order valence-corrected chi connectivity index (χ3v) is 6.11. The normalized spacial score (nSPS) is 29.8. The first-order chi connectivity index (χ1) is 12.2. The molecule has 2 fully saturated rings. The van der Waals surface area contributed by atoms with E-state index >= 15 is 0 Å². The highest BCUT2D eigenvalue weighted by Gasteiger charge is 2.32. The van der Waals surface area contributed by atoms with E-state index in [1.54, 1.807) is 18.2 Å². The molecule has 0 aliphatic heterocycles. The molecule has 3 rings (SSSR count). The van der Waals surface area contributed by atoms with Crippen molar-refractivity contribution >= 4 is 5.97 Å². The number of hydrogen-bond donors (Lipinski definition) is 0. The second kappa shape index (κ2) is 8.64. The molecule has 0 aromatic heterocycles. The molecule has 2 aliphatic rings. The van der Waals surface area contributed by atoms with E-state index in [0.29, 0.717) is 12.3 Å². The van der Waals surface area contributed by atoms with Crippen LogP contribution in [0.4, 0.5) is 4.39 Å². The highest BCUT2D eigenvalue weighted by atomic mass is 19.1. The van der Waals surface area contributed by atoms with Gasteiger partial charge in [0.05, 0.1) is 6.42 Å². The Morgan fingerprint density at radius 3 is 2.12 bits per heavy atom. The van der Waals surface area contributed by atoms with Crippen molar-refractivity contribution in [2.24, 2.45) is 11.8 Å². The Hall–Kier alpha value is -1.64. The first-order valence-corrected chi connectivity index (χ1v) is 9.71. The van der Waals surface area contributed by atoms with Crippen LogP contribution in [0.3, 0.4) is 0 Å². The van der Waals surface area contributed by atoms with E-state index in [1.165, 1.54) is 44.1 Å². The SMILES string of the molecule is C=CCC(=O)OC1CCC([C@H]2CC[C@H](c3ccc(F)cc3)CC2)CC1. The third-order valence-electron chi connectivity index (χ3n) is 6.11. The molecule has 0 spiro atoms. The summed E-state index contributed by atoms with van der Waals surface area (Å²) in [6.07, 6.45) is 11.4. The van der Waals surface area contributed by atoms with Crippen molar-refractivity contribution < 1.29 is 13.9 Å². The maximum Gasteiger partial charge on any atom is 0.309 e. The highest BCUT2D eigenvalue weighted by Crippen LogP contribution is 2.43. The lowest BCUT2D eigenvalue weighted by atomic mass is 9.69. The molecule has 2 nitrogen and oxygen atoms in total. The van der Waals surface area contributed by atoms with Crippen molar-refractivity contribution in [3.8, 4) is 0 Å². The maximum absolute atomic E-state index is 13.1. The van der Waals surface area contributed by atoms with Gasteiger partial charge in [-0.1, -0.05) is 18.2 Å². The molecule has 0 amide bonds. The number of hydrogen-bond acceptors (Lipinski definition) is 2. The second-order valence-electron chi connectivity index (χ2n) is 7.68. The largest absolute Gasteiger partial charge is 0.462 e. The van der Waals surface area contributed by atoms with Gasteiger partial charge in [0.2, 0.25) is 0 Å². The van der Waals surface area contributed by atoms with E-state index in [2.05, 4.69) is 6.58 Å². The molecule has 0 heterocycles. The van der Waals surface area contributed by atoms with Crippen LogP contribution in [0.2, 0.25) is 0 Å². The minimum atomic E-state index is -0.150. The van der Waals surface area contributed by atoms with E-state index in [4.69, 9.17) is 4.74 Å². The van der Waals surface area contributed by atoms with Crippen molar-refractivity contribution in [3.63, 3.8) is 0 Å². The van der Waals surface area contributed by atoms with Crippen LogP contribution in [0.25, 0.3) is 0 Å². The third kappa shape index (κ3) is 4.93. The van der Waals surface area contributed by atoms with Crippen LogP contribution >= 0.6 is 0 Å². The molecule has 3 heteroatoms. The Kier molecular flexibility index (Phi) is 6.28. The van der Waals surface area contributed by atoms with Crippen LogP contribution in [-0.4, -0.2) is 12.1 Å². The Labute approximate surface area is 150 Å². The second-order valence-corrected chi connectivity index (χ2v) is 7.68. The van der Waals surface area contributed by atoms with Gasteiger partial charge in [-0.3, -0.25) is 4.79 Å². The fraction of sp³-hybridized carbons (Fsp3) is 0.591. The van der Waals surface area contributed by atoms with Crippen LogP contribution in [0.5, 0.6) is 0 Å². The summed E-state index contributed by atoms with van der Waals surface area (Å²) in [5.41, 5.74) is 1.29. The van der Waals surface area contributed by atoms with E-state index < -0.39 is 0 Å². The van der Waals surface area contributed by atoms with Gasteiger partial charge in [-0.15, -0.1) is 6.58 Å². The molecule has 0 saturated heterocycles. The quantitative estimate of drug-likeness (QED) is 0.500. The summed E-state index contributed by atoms with van der Waals surface area (Å²) in [6.45, 7) is 3.58. The molecule has 1 aromatic carbocycles. The van der Waals surface area contributed by atoms with Gasteiger partial charge in [0, 0.05) is 0 Å². The van der Waals surface area contributed by atoms with E-state index in [9.17, 15) is 9.18 Å². The number of rotatable bonds is 5. The van der Waals surface area contributed by atoms with Gasteiger partial charge in [-0.2, -0.15) is 0 Å². The summed E-state index contributed by atoms with van der Waals surface area (Å²) in [7, 11) is 0. The zero-order chi connectivity index (χ0) is 17.6. The highest BCUT2D eigenvalue weighted by molar-refractivity contribution is 5.71. The molecule has 0 bridgehead atoms. The van der Waals surface area contributed by atoms with Gasteiger partial charge >= 0.3 is 5.97 Å². The first kappa shape index (κ1) is 18.2. The molecule has 1 aromatic rings. The van der Waals surface area contributed by atoms with Crippen LogP contribution in [0.1, 0.15) is 69.3 Å². The summed E-state index contributed by atoms with van der Waals surface area (Å²) >= 11 is 0. The van der Waals surface area contributed by atoms with E-state index in [0.717, 1.165) is 24.7 Å². The number of carbonyl (C=O) groups excluding carboxylic acids is 1. The molecule has 0 unspecified atom stereocenters. The molecule has 2 saturated carbocycles. The van der Waals surface area contributed by atoms with Gasteiger partial charge < -0.3 is 4.74 Å². The predicted octanol–water partition coefficient (Wildman–Crippen LogP) is 5.78. The first-order valence-electron chi connectivity index (χ1n) is 9.71. The molecular weight excluding hydrogens is 315 g/mol. The number of ether oxygens (including phenoxy) is 1. The average molecular weight is 344 g/mol. The average Bonchev–Trinajstić information content (AvgIpc) is 2.63. The predicted molar refractivity (Wildman–Crippen MR) is 97.8 cm³/mol. The van der Waals surface area contributed by atoms with Gasteiger partial charge in [0.25, 0.3) is 0 Å². The summed E-state index contributed by atoms with van der Waals surface area (Å²) in [5, 5.41) is 0. The fourth-order valence-electron chi connectivity index (χ4n) is 4.69. The smallest absolute Gasteiger partial charge is 0.309 e. The van der Waals surface area contributed by atoms with Gasteiger partial charge in [0.1, 0.15) is 11.9 Å². The lowest BCUT2D eigenvalue weighted by Gasteiger charge is -2.37. The fourth-order valence-corrected chi connectivity index (χ4v) is 4.69. The van der Waals surface area contributed by atoms with Crippen molar-refractivity contribution in [3.05, 3.63) is 48.3 Å². The maximum atomic E-state index is 13.1. The van der Waals surface area contributed by atoms with Crippen molar-refractivity contribution in [2.45, 2.75) is 69.8 Å². The number of carbonyl (C=O) groups is 1. The summed E-state index contributed by atoms with van der Waals surface area (Å²) in [5.74, 6) is 1.89. The molecule has 25 heavy (non-hydrogen) atoms. The van der Waals surface area contributed by atoms with Gasteiger partial charge in [-0.25, -0.2) is 4.39 Å². The Morgan fingerprint density at radius 1 is 1.00 bits per heavy atom. The Morgan fingerprint density at radius 2 is 1.56 bits per heavy atom. The molecule has 0 atom stereocenters. The van der Waals surface area contributed by atoms with Crippen LogP contribution in [-0.2, 0) is 9.53 Å². The number of halogens is 1.